The topological polar surface area (TPSA) is 87.3 Å². The van der Waals surface area contributed by atoms with Gasteiger partial charge in [0.15, 0.2) is 0 Å². The fourth-order valence-corrected chi connectivity index (χ4v) is 2.18. The second-order valence-electron chi connectivity index (χ2n) is 5.52. The minimum atomic E-state index is -0.310. The van der Waals surface area contributed by atoms with Gasteiger partial charge in [-0.1, -0.05) is 35.9 Å². The summed E-state index contributed by atoms with van der Waals surface area (Å²) in [6.45, 7) is 2.38. The Morgan fingerprint density at radius 3 is 2.12 bits per heavy atom. The molecule has 0 aliphatic carbocycles. The monoisotopic (exact) mass is 339 g/mol. The lowest BCUT2D eigenvalue weighted by atomic mass is 10.1. The van der Waals surface area contributed by atoms with Crippen LogP contribution >= 0.6 is 0 Å². The Kier molecular flexibility index (Phi) is 6.71. The van der Waals surface area contributed by atoms with Crippen molar-refractivity contribution >= 4 is 17.7 Å². The molecular weight excluding hydrogens is 318 g/mol. The van der Waals surface area contributed by atoms with E-state index >= 15 is 0 Å². The van der Waals surface area contributed by atoms with E-state index in [0.29, 0.717) is 17.7 Å². The molecule has 25 heavy (non-hydrogen) atoms. The van der Waals surface area contributed by atoms with Crippen molar-refractivity contribution in [2.24, 2.45) is 0 Å². The van der Waals surface area contributed by atoms with Gasteiger partial charge in [0, 0.05) is 24.2 Å². The molecular formula is C19H21N3O3. The predicted octanol–water partition coefficient (Wildman–Crippen LogP) is 1.27. The number of amides is 3. The molecule has 0 saturated heterocycles. The maximum atomic E-state index is 11.9. The third kappa shape index (κ3) is 6.10. The molecule has 2 aromatic carbocycles. The number of carbonyl (C=O) groups excluding carboxylic acids is 3. The molecule has 0 radical (unpaired) electrons. The van der Waals surface area contributed by atoms with Gasteiger partial charge in [0.1, 0.15) is 0 Å². The SMILES string of the molecule is Cc1cccc(C(=O)NCC(=O)NCCNC(=O)c2ccccc2)c1. The molecule has 0 fully saturated rings. The van der Waals surface area contributed by atoms with Crippen molar-refractivity contribution < 1.29 is 14.4 Å². The number of benzene rings is 2. The van der Waals surface area contributed by atoms with Crippen molar-refractivity contribution in [3.63, 3.8) is 0 Å². The number of rotatable bonds is 7. The van der Waals surface area contributed by atoms with Crippen LogP contribution in [0.25, 0.3) is 0 Å². The minimum Gasteiger partial charge on any atom is -0.353 e. The van der Waals surface area contributed by atoms with Crippen LogP contribution < -0.4 is 16.0 Å². The molecule has 3 amide bonds. The van der Waals surface area contributed by atoms with Crippen molar-refractivity contribution in [3.05, 3.63) is 71.3 Å². The van der Waals surface area contributed by atoms with Gasteiger partial charge in [-0.3, -0.25) is 14.4 Å². The first kappa shape index (κ1) is 18.2. The molecule has 0 aliphatic rings. The Morgan fingerprint density at radius 1 is 0.760 bits per heavy atom. The molecule has 6 nitrogen and oxygen atoms in total. The molecule has 6 heteroatoms. The van der Waals surface area contributed by atoms with Crippen LogP contribution in [0.5, 0.6) is 0 Å². The average Bonchev–Trinajstić information content (AvgIpc) is 2.63. The maximum Gasteiger partial charge on any atom is 0.251 e. The number of hydrogen-bond acceptors (Lipinski definition) is 3. The van der Waals surface area contributed by atoms with E-state index in [4.69, 9.17) is 0 Å². The van der Waals surface area contributed by atoms with E-state index in [-0.39, 0.29) is 30.8 Å². The molecule has 0 bridgehead atoms. The Labute approximate surface area is 146 Å². The summed E-state index contributed by atoms with van der Waals surface area (Å²) in [5.41, 5.74) is 2.06. The summed E-state index contributed by atoms with van der Waals surface area (Å²) in [5, 5.41) is 7.91. The zero-order valence-corrected chi connectivity index (χ0v) is 14.0. The lowest BCUT2D eigenvalue weighted by Gasteiger charge is -2.08. The van der Waals surface area contributed by atoms with Gasteiger partial charge < -0.3 is 16.0 Å². The lowest BCUT2D eigenvalue weighted by Crippen LogP contribution is -2.40. The van der Waals surface area contributed by atoms with Crippen LogP contribution in [0.15, 0.2) is 54.6 Å². The van der Waals surface area contributed by atoms with Crippen LogP contribution in [-0.4, -0.2) is 37.4 Å². The second kappa shape index (κ2) is 9.22. The van der Waals surface area contributed by atoms with Crippen LogP contribution in [0.1, 0.15) is 26.3 Å². The number of hydrogen-bond donors (Lipinski definition) is 3. The van der Waals surface area contributed by atoms with Crippen LogP contribution in [0.3, 0.4) is 0 Å². The van der Waals surface area contributed by atoms with E-state index in [0.717, 1.165) is 5.56 Å². The van der Waals surface area contributed by atoms with E-state index in [1.165, 1.54) is 0 Å². The molecule has 0 saturated carbocycles. The Hall–Kier alpha value is -3.15. The minimum absolute atomic E-state index is 0.112. The first-order valence-corrected chi connectivity index (χ1v) is 8.01. The highest BCUT2D eigenvalue weighted by molar-refractivity contribution is 5.96. The van der Waals surface area contributed by atoms with Gasteiger partial charge in [-0.2, -0.15) is 0 Å². The van der Waals surface area contributed by atoms with Crippen molar-refractivity contribution in [2.75, 3.05) is 19.6 Å². The Bertz CT molecular complexity index is 745. The van der Waals surface area contributed by atoms with Gasteiger partial charge in [0.25, 0.3) is 11.8 Å². The van der Waals surface area contributed by atoms with Crippen LogP contribution in [0, 0.1) is 6.92 Å². The fourth-order valence-electron chi connectivity index (χ4n) is 2.18. The highest BCUT2D eigenvalue weighted by atomic mass is 16.2. The highest BCUT2D eigenvalue weighted by Gasteiger charge is 2.08. The van der Waals surface area contributed by atoms with Crippen molar-refractivity contribution in [1.82, 2.24) is 16.0 Å². The highest BCUT2D eigenvalue weighted by Crippen LogP contribution is 2.03. The summed E-state index contributed by atoms with van der Waals surface area (Å²) in [5.74, 6) is -0.797. The van der Waals surface area contributed by atoms with Crippen LogP contribution in [0.4, 0.5) is 0 Å². The van der Waals surface area contributed by atoms with Gasteiger partial charge in [0.2, 0.25) is 5.91 Å². The molecule has 2 rings (SSSR count). The largest absolute Gasteiger partial charge is 0.353 e. The summed E-state index contributed by atoms with van der Waals surface area (Å²) >= 11 is 0. The molecule has 0 spiro atoms. The standard InChI is InChI=1S/C19H21N3O3/c1-14-6-5-9-16(12-14)19(25)22-13-17(23)20-10-11-21-18(24)15-7-3-2-4-8-15/h2-9,12H,10-11,13H2,1H3,(H,20,23)(H,21,24)(H,22,25). The molecule has 0 heterocycles. The van der Waals surface area contributed by atoms with Crippen molar-refractivity contribution in [3.8, 4) is 0 Å². The van der Waals surface area contributed by atoms with E-state index in [2.05, 4.69) is 16.0 Å². The average molecular weight is 339 g/mol. The second-order valence-corrected chi connectivity index (χ2v) is 5.52. The van der Waals surface area contributed by atoms with Crippen molar-refractivity contribution in [2.45, 2.75) is 6.92 Å². The Morgan fingerprint density at radius 2 is 1.40 bits per heavy atom. The quantitative estimate of drug-likeness (QED) is 0.664. The zero-order chi connectivity index (χ0) is 18.1. The van der Waals surface area contributed by atoms with Gasteiger partial charge in [0.05, 0.1) is 6.54 Å². The van der Waals surface area contributed by atoms with Gasteiger partial charge in [-0.25, -0.2) is 0 Å². The summed E-state index contributed by atoms with van der Waals surface area (Å²) < 4.78 is 0. The first-order chi connectivity index (χ1) is 12.1. The Balaban J connectivity index is 1.64. The van der Waals surface area contributed by atoms with E-state index in [1.54, 1.807) is 42.5 Å². The molecule has 3 N–H and O–H groups in total. The molecule has 0 atom stereocenters. The number of carbonyl (C=O) groups is 3. The zero-order valence-electron chi connectivity index (χ0n) is 14.0. The van der Waals surface area contributed by atoms with E-state index in [9.17, 15) is 14.4 Å². The van der Waals surface area contributed by atoms with Crippen LogP contribution in [-0.2, 0) is 4.79 Å². The molecule has 2 aromatic rings. The first-order valence-electron chi connectivity index (χ1n) is 8.01. The third-order valence-corrected chi connectivity index (χ3v) is 3.46. The van der Waals surface area contributed by atoms with Crippen LogP contribution in [0.2, 0.25) is 0 Å². The summed E-state index contributed by atoms with van der Waals surface area (Å²) in [4.78, 5) is 35.5. The lowest BCUT2D eigenvalue weighted by molar-refractivity contribution is -0.120. The summed E-state index contributed by atoms with van der Waals surface area (Å²) in [6, 6.07) is 16.0. The van der Waals surface area contributed by atoms with Gasteiger partial charge in [-0.05, 0) is 31.2 Å². The summed E-state index contributed by atoms with van der Waals surface area (Å²) in [7, 11) is 0. The molecule has 0 aliphatic heterocycles. The normalized spacial score (nSPS) is 9.96. The maximum absolute atomic E-state index is 11.9. The number of nitrogens with one attached hydrogen (secondary N) is 3. The number of aryl methyl sites for hydroxylation is 1. The fraction of sp³-hybridized carbons (Fsp3) is 0.211. The summed E-state index contributed by atoms with van der Waals surface area (Å²) in [6.07, 6.45) is 0. The molecule has 0 aromatic heterocycles. The van der Waals surface area contributed by atoms with E-state index in [1.807, 2.05) is 19.1 Å². The molecule has 130 valence electrons. The van der Waals surface area contributed by atoms with Gasteiger partial charge >= 0.3 is 0 Å². The molecule has 0 unspecified atom stereocenters. The third-order valence-electron chi connectivity index (χ3n) is 3.46. The predicted molar refractivity (Wildman–Crippen MR) is 95.3 cm³/mol. The van der Waals surface area contributed by atoms with E-state index < -0.39 is 0 Å². The van der Waals surface area contributed by atoms with Crippen molar-refractivity contribution in [1.29, 1.82) is 0 Å². The van der Waals surface area contributed by atoms with Gasteiger partial charge in [-0.15, -0.1) is 0 Å². The smallest absolute Gasteiger partial charge is 0.251 e.